The van der Waals surface area contributed by atoms with Gasteiger partial charge >= 0.3 is 0 Å². The molecule has 0 saturated carbocycles. The molecule has 0 heterocycles. The number of unbranched alkanes of at least 4 members (excludes halogenated alkanes) is 1. The normalized spacial score (nSPS) is 12.4. The van der Waals surface area contributed by atoms with Crippen molar-refractivity contribution in [2.24, 2.45) is 0 Å². The van der Waals surface area contributed by atoms with E-state index in [1.54, 1.807) is 0 Å². The van der Waals surface area contributed by atoms with Crippen LogP contribution in [0.2, 0.25) is 0 Å². The van der Waals surface area contributed by atoms with Crippen LogP contribution in [0.25, 0.3) is 0 Å². The van der Waals surface area contributed by atoms with Gasteiger partial charge in [0.1, 0.15) is 11.0 Å². The summed E-state index contributed by atoms with van der Waals surface area (Å²) >= 11 is 0. The quantitative estimate of drug-likeness (QED) is 0.797. The fraction of sp³-hybridized carbons (Fsp3) is 0.455. The van der Waals surface area contributed by atoms with Gasteiger partial charge in [-0.2, -0.15) is 0 Å². The fourth-order valence-corrected chi connectivity index (χ4v) is 2.13. The van der Waals surface area contributed by atoms with E-state index in [0.717, 1.165) is 24.3 Å². The Morgan fingerprint density at radius 2 is 1.93 bits per heavy atom. The van der Waals surface area contributed by atoms with E-state index < -0.39 is 11.0 Å². The van der Waals surface area contributed by atoms with Crippen LogP contribution in [-0.2, 0) is 11.0 Å². The number of nitrogens with one attached hydrogen (secondary N) is 1. The summed E-state index contributed by atoms with van der Waals surface area (Å²) in [6, 6.07) is 7.94. The number of hydrogen-bond acceptors (Lipinski definition) is 1. The highest BCUT2D eigenvalue weighted by molar-refractivity contribution is 7.86. The van der Waals surface area contributed by atoms with Crippen molar-refractivity contribution in [1.82, 2.24) is 0 Å². The first kappa shape index (κ1) is 11.2. The molecule has 0 bridgehead atoms. The molecule has 0 aliphatic carbocycles. The SMILES string of the molecule is CCCCS(=O)Nc1ccc(C)cc1. The summed E-state index contributed by atoms with van der Waals surface area (Å²) in [6.45, 7) is 4.14. The third kappa shape index (κ3) is 3.92. The molecule has 1 aromatic rings. The second kappa shape index (κ2) is 5.81. The molecule has 0 aromatic heterocycles. The Morgan fingerprint density at radius 1 is 1.29 bits per heavy atom. The molecule has 0 aliphatic rings. The van der Waals surface area contributed by atoms with Gasteiger partial charge in [0.25, 0.3) is 0 Å². The molecule has 1 N–H and O–H groups in total. The zero-order chi connectivity index (χ0) is 10.4. The van der Waals surface area contributed by atoms with Gasteiger partial charge in [-0.3, -0.25) is 0 Å². The van der Waals surface area contributed by atoms with E-state index in [1.807, 2.05) is 31.2 Å². The average Bonchev–Trinajstić information content (AvgIpc) is 2.18. The molecule has 0 fully saturated rings. The minimum Gasteiger partial charge on any atom is -0.305 e. The van der Waals surface area contributed by atoms with Gasteiger partial charge in [0.05, 0.1) is 0 Å². The first-order chi connectivity index (χ1) is 6.72. The third-order valence-corrected chi connectivity index (χ3v) is 3.09. The van der Waals surface area contributed by atoms with Gasteiger partial charge in [-0.1, -0.05) is 31.0 Å². The van der Waals surface area contributed by atoms with Gasteiger partial charge in [0.2, 0.25) is 0 Å². The maximum atomic E-state index is 11.5. The lowest BCUT2D eigenvalue weighted by Gasteiger charge is -2.05. The maximum absolute atomic E-state index is 11.5. The van der Waals surface area contributed by atoms with Crippen molar-refractivity contribution in [3.8, 4) is 0 Å². The topological polar surface area (TPSA) is 29.1 Å². The second-order valence-electron chi connectivity index (χ2n) is 3.37. The van der Waals surface area contributed by atoms with E-state index in [1.165, 1.54) is 5.56 Å². The summed E-state index contributed by atoms with van der Waals surface area (Å²) in [4.78, 5) is 0. The van der Waals surface area contributed by atoms with Crippen molar-refractivity contribution < 1.29 is 4.21 Å². The van der Waals surface area contributed by atoms with E-state index in [-0.39, 0.29) is 0 Å². The molecule has 14 heavy (non-hydrogen) atoms. The zero-order valence-electron chi connectivity index (χ0n) is 8.75. The van der Waals surface area contributed by atoms with Crippen molar-refractivity contribution in [3.05, 3.63) is 29.8 Å². The maximum Gasteiger partial charge on any atom is 0.117 e. The monoisotopic (exact) mass is 211 g/mol. The van der Waals surface area contributed by atoms with Crippen LogP contribution < -0.4 is 4.72 Å². The van der Waals surface area contributed by atoms with Crippen molar-refractivity contribution in [2.75, 3.05) is 10.5 Å². The van der Waals surface area contributed by atoms with E-state index >= 15 is 0 Å². The first-order valence-electron chi connectivity index (χ1n) is 4.94. The van der Waals surface area contributed by atoms with Gasteiger partial charge in [-0.05, 0) is 25.5 Å². The Kier molecular flexibility index (Phi) is 4.66. The summed E-state index contributed by atoms with van der Waals surface area (Å²) in [5.74, 6) is 0.727. The molecule has 1 aromatic carbocycles. The summed E-state index contributed by atoms with van der Waals surface area (Å²) in [5, 5.41) is 0. The largest absolute Gasteiger partial charge is 0.305 e. The predicted octanol–water partition coefficient (Wildman–Crippen LogP) is 2.87. The molecule has 1 rings (SSSR count). The smallest absolute Gasteiger partial charge is 0.117 e. The average molecular weight is 211 g/mol. The number of rotatable bonds is 5. The number of aryl methyl sites for hydroxylation is 1. The Hall–Kier alpha value is -0.830. The Morgan fingerprint density at radius 3 is 2.50 bits per heavy atom. The molecule has 0 spiro atoms. The summed E-state index contributed by atoms with van der Waals surface area (Å²) < 4.78 is 14.4. The van der Waals surface area contributed by atoms with Crippen molar-refractivity contribution in [3.63, 3.8) is 0 Å². The van der Waals surface area contributed by atoms with E-state index in [2.05, 4.69) is 11.6 Å². The molecule has 78 valence electrons. The van der Waals surface area contributed by atoms with Crippen LogP contribution in [0, 0.1) is 6.92 Å². The zero-order valence-corrected chi connectivity index (χ0v) is 9.56. The van der Waals surface area contributed by atoms with Crippen LogP contribution in [0.4, 0.5) is 5.69 Å². The minimum absolute atomic E-state index is 0.727. The highest BCUT2D eigenvalue weighted by Crippen LogP contribution is 2.09. The third-order valence-electron chi connectivity index (χ3n) is 1.97. The van der Waals surface area contributed by atoms with Crippen molar-refractivity contribution >= 4 is 16.7 Å². The number of anilines is 1. The Bertz CT molecular complexity index is 295. The van der Waals surface area contributed by atoms with Crippen LogP contribution in [0.3, 0.4) is 0 Å². The van der Waals surface area contributed by atoms with Gasteiger partial charge in [-0.25, -0.2) is 4.21 Å². The van der Waals surface area contributed by atoms with Crippen LogP contribution in [-0.4, -0.2) is 9.96 Å². The highest BCUT2D eigenvalue weighted by Gasteiger charge is 1.98. The number of hydrogen-bond donors (Lipinski definition) is 1. The van der Waals surface area contributed by atoms with Gasteiger partial charge in [-0.15, -0.1) is 0 Å². The molecule has 0 saturated heterocycles. The van der Waals surface area contributed by atoms with Crippen LogP contribution in [0.1, 0.15) is 25.3 Å². The molecular formula is C11H17NOS. The molecule has 0 aliphatic heterocycles. The van der Waals surface area contributed by atoms with Crippen molar-refractivity contribution in [1.29, 1.82) is 0 Å². The second-order valence-corrected chi connectivity index (χ2v) is 4.67. The first-order valence-corrected chi connectivity index (χ1v) is 6.26. The van der Waals surface area contributed by atoms with Crippen molar-refractivity contribution in [2.45, 2.75) is 26.7 Å². The fourth-order valence-electron chi connectivity index (χ4n) is 1.08. The van der Waals surface area contributed by atoms with Crippen LogP contribution >= 0.6 is 0 Å². The summed E-state index contributed by atoms with van der Waals surface area (Å²) in [6.07, 6.45) is 2.09. The van der Waals surface area contributed by atoms with Crippen LogP contribution in [0.15, 0.2) is 24.3 Å². The Labute approximate surface area is 88.3 Å². The van der Waals surface area contributed by atoms with Gasteiger partial charge < -0.3 is 4.72 Å². The highest BCUT2D eigenvalue weighted by atomic mass is 32.2. The van der Waals surface area contributed by atoms with Gasteiger partial charge in [0.15, 0.2) is 0 Å². The predicted molar refractivity (Wildman–Crippen MR) is 62.7 cm³/mol. The molecular weight excluding hydrogens is 194 g/mol. The van der Waals surface area contributed by atoms with Crippen LogP contribution in [0.5, 0.6) is 0 Å². The summed E-state index contributed by atoms with van der Waals surface area (Å²) in [5.41, 5.74) is 2.15. The molecule has 0 amide bonds. The lowest BCUT2D eigenvalue weighted by atomic mass is 10.2. The van der Waals surface area contributed by atoms with E-state index in [0.29, 0.717) is 0 Å². The molecule has 3 heteroatoms. The minimum atomic E-state index is -0.927. The number of benzene rings is 1. The molecule has 2 nitrogen and oxygen atoms in total. The molecule has 0 radical (unpaired) electrons. The van der Waals surface area contributed by atoms with Gasteiger partial charge in [0, 0.05) is 11.4 Å². The standard InChI is InChI=1S/C11H17NOS/c1-3-4-9-14(13)12-11-7-5-10(2)6-8-11/h5-8,12H,3-4,9H2,1-2H3. The lowest BCUT2D eigenvalue weighted by Crippen LogP contribution is -2.08. The lowest BCUT2D eigenvalue weighted by molar-refractivity contribution is 0.683. The van der Waals surface area contributed by atoms with E-state index in [4.69, 9.17) is 0 Å². The van der Waals surface area contributed by atoms with E-state index in [9.17, 15) is 4.21 Å². The summed E-state index contributed by atoms with van der Waals surface area (Å²) in [7, 11) is -0.927. The molecule has 1 atom stereocenters. The molecule has 1 unspecified atom stereocenters. The Balaban J connectivity index is 2.44.